The summed E-state index contributed by atoms with van der Waals surface area (Å²) in [5.41, 5.74) is 2.30. The number of nitriles is 1. The maximum atomic E-state index is 13.0. The Morgan fingerprint density at radius 3 is 2.42 bits per heavy atom. The van der Waals surface area contributed by atoms with Gasteiger partial charge in [0.1, 0.15) is 29.0 Å². The molecule has 0 unspecified atom stereocenters. The minimum atomic E-state index is -0.518. The summed E-state index contributed by atoms with van der Waals surface area (Å²) in [4.78, 5) is 12.3. The van der Waals surface area contributed by atoms with E-state index in [0.29, 0.717) is 22.8 Å². The van der Waals surface area contributed by atoms with E-state index < -0.39 is 5.91 Å². The summed E-state index contributed by atoms with van der Waals surface area (Å²) in [6, 6.07) is 18.4. The third kappa shape index (κ3) is 4.05. The van der Waals surface area contributed by atoms with Gasteiger partial charge in [0.2, 0.25) is 0 Å². The smallest absolute Gasteiger partial charge is 0.266 e. The van der Waals surface area contributed by atoms with E-state index in [4.69, 9.17) is 4.42 Å². The Kier molecular flexibility index (Phi) is 4.95. The van der Waals surface area contributed by atoms with Crippen molar-refractivity contribution in [3.05, 3.63) is 83.4 Å². The molecule has 26 heavy (non-hydrogen) atoms. The van der Waals surface area contributed by atoms with Gasteiger partial charge in [0.15, 0.2) is 0 Å². The van der Waals surface area contributed by atoms with Gasteiger partial charge in [0, 0.05) is 17.3 Å². The average Bonchev–Trinajstić information content (AvgIpc) is 3.11. The highest BCUT2D eigenvalue weighted by atomic mass is 19.1. The zero-order chi connectivity index (χ0) is 18.5. The lowest BCUT2D eigenvalue weighted by molar-refractivity contribution is -0.112. The third-order valence-electron chi connectivity index (χ3n) is 3.72. The number of rotatable bonds is 4. The quantitative estimate of drug-likeness (QED) is 0.537. The fourth-order valence-corrected chi connectivity index (χ4v) is 2.33. The molecule has 128 valence electrons. The predicted octanol–water partition coefficient (Wildman–Crippen LogP) is 4.94. The van der Waals surface area contributed by atoms with Gasteiger partial charge < -0.3 is 9.73 Å². The summed E-state index contributed by atoms with van der Waals surface area (Å²) in [6.45, 7) is 1.95. The second kappa shape index (κ2) is 7.49. The van der Waals surface area contributed by atoms with Crippen molar-refractivity contribution in [2.75, 3.05) is 5.32 Å². The Labute approximate surface area is 150 Å². The molecule has 0 bridgehead atoms. The maximum Gasteiger partial charge on any atom is 0.266 e. The SMILES string of the molecule is Cc1ccc(NC(=O)/C(C#N)=C/c2ccc(-c3ccc(F)cc3)o2)cc1. The van der Waals surface area contributed by atoms with E-state index in [-0.39, 0.29) is 11.4 Å². The van der Waals surface area contributed by atoms with Crippen LogP contribution >= 0.6 is 0 Å². The van der Waals surface area contributed by atoms with Crippen molar-refractivity contribution in [2.24, 2.45) is 0 Å². The van der Waals surface area contributed by atoms with E-state index in [1.807, 2.05) is 25.1 Å². The number of furan rings is 1. The van der Waals surface area contributed by atoms with Gasteiger partial charge in [0.25, 0.3) is 5.91 Å². The van der Waals surface area contributed by atoms with Crippen LogP contribution in [-0.4, -0.2) is 5.91 Å². The number of carbonyl (C=O) groups is 1. The minimum Gasteiger partial charge on any atom is -0.457 e. The molecule has 2 aromatic carbocycles. The maximum absolute atomic E-state index is 13.0. The van der Waals surface area contributed by atoms with Gasteiger partial charge >= 0.3 is 0 Å². The standard InChI is InChI=1S/C21H15FN2O2/c1-14-2-8-18(9-3-14)24-21(25)16(13-23)12-19-10-11-20(26-19)15-4-6-17(22)7-5-15/h2-12H,1H3,(H,24,25)/b16-12+. The van der Waals surface area contributed by atoms with Gasteiger partial charge in [-0.15, -0.1) is 0 Å². The van der Waals surface area contributed by atoms with Crippen LogP contribution in [-0.2, 0) is 4.79 Å². The van der Waals surface area contributed by atoms with Crippen molar-refractivity contribution in [2.45, 2.75) is 6.92 Å². The molecule has 1 heterocycles. The number of hydrogen-bond acceptors (Lipinski definition) is 3. The molecule has 1 N–H and O–H groups in total. The van der Waals surface area contributed by atoms with E-state index >= 15 is 0 Å². The average molecular weight is 346 g/mol. The van der Waals surface area contributed by atoms with E-state index in [0.717, 1.165) is 5.56 Å². The third-order valence-corrected chi connectivity index (χ3v) is 3.72. The van der Waals surface area contributed by atoms with Crippen molar-refractivity contribution in [3.63, 3.8) is 0 Å². The first-order valence-electron chi connectivity index (χ1n) is 7.91. The lowest BCUT2D eigenvalue weighted by atomic mass is 10.2. The number of halogens is 1. The van der Waals surface area contributed by atoms with Gasteiger partial charge in [0.05, 0.1) is 0 Å². The van der Waals surface area contributed by atoms with Crippen LogP contribution in [0.3, 0.4) is 0 Å². The topological polar surface area (TPSA) is 66.0 Å². The first-order valence-corrected chi connectivity index (χ1v) is 7.91. The van der Waals surface area contributed by atoms with Crippen LogP contribution in [0.2, 0.25) is 0 Å². The highest BCUT2D eigenvalue weighted by molar-refractivity contribution is 6.09. The Balaban J connectivity index is 1.78. The van der Waals surface area contributed by atoms with E-state index in [9.17, 15) is 14.4 Å². The lowest BCUT2D eigenvalue weighted by Gasteiger charge is -2.04. The Morgan fingerprint density at radius 2 is 1.77 bits per heavy atom. The molecule has 3 aromatic rings. The zero-order valence-corrected chi connectivity index (χ0v) is 14.0. The Hall–Kier alpha value is -3.65. The molecule has 0 aliphatic heterocycles. The molecule has 0 spiro atoms. The normalized spacial score (nSPS) is 11.0. The van der Waals surface area contributed by atoms with E-state index in [1.54, 1.807) is 36.4 Å². The van der Waals surface area contributed by atoms with Crippen LogP contribution in [0.15, 0.2) is 70.7 Å². The molecule has 5 heteroatoms. The first kappa shape index (κ1) is 17.2. The van der Waals surface area contributed by atoms with Gasteiger partial charge in [-0.25, -0.2) is 4.39 Å². The molecular weight excluding hydrogens is 331 g/mol. The van der Waals surface area contributed by atoms with E-state index in [1.165, 1.54) is 18.2 Å². The molecule has 1 amide bonds. The predicted molar refractivity (Wildman–Crippen MR) is 97.5 cm³/mol. The Morgan fingerprint density at radius 1 is 1.08 bits per heavy atom. The summed E-state index contributed by atoms with van der Waals surface area (Å²) in [5, 5.41) is 11.9. The van der Waals surface area contributed by atoms with Crippen molar-refractivity contribution >= 4 is 17.7 Å². The second-order valence-electron chi connectivity index (χ2n) is 5.70. The molecule has 0 atom stereocenters. The van der Waals surface area contributed by atoms with Crippen LogP contribution in [0.25, 0.3) is 17.4 Å². The van der Waals surface area contributed by atoms with Gasteiger partial charge in [-0.05, 0) is 55.5 Å². The molecule has 0 fully saturated rings. The molecule has 0 radical (unpaired) electrons. The fraction of sp³-hybridized carbons (Fsp3) is 0.0476. The van der Waals surface area contributed by atoms with Crippen LogP contribution in [0.1, 0.15) is 11.3 Å². The number of benzene rings is 2. The van der Waals surface area contributed by atoms with Crippen LogP contribution in [0.5, 0.6) is 0 Å². The molecule has 0 aliphatic rings. The first-order chi connectivity index (χ1) is 12.5. The van der Waals surface area contributed by atoms with Crippen molar-refractivity contribution in [3.8, 4) is 17.4 Å². The largest absolute Gasteiger partial charge is 0.457 e. The summed E-state index contributed by atoms with van der Waals surface area (Å²) < 4.78 is 18.6. The molecule has 1 aromatic heterocycles. The molecule has 0 saturated heterocycles. The van der Waals surface area contributed by atoms with Crippen LogP contribution < -0.4 is 5.32 Å². The number of aryl methyl sites for hydroxylation is 1. The summed E-state index contributed by atoms with van der Waals surface area (Å²) >= 11 is 0. The van der Waals surface area contributed by atoms with Gasteiger partial charge in [-0.2, -0.15) is 5.26 Å². The molecule has 0 aliphatic carbocycles. The van der Waals surface area contributed by atoms with Crippen molar-refractivity contribution in [1.29, 1.82) is 5.26 Å². The van der Waals surface area contributed by atoms with Crippen molar-refractivity contribution < 1.29 is 13.6 Å². The number of anilines is 1. The minimum absolute atomic E-state index is 0.0782. The highest BCUT2D eigenvalue weighted by Crippen LogP contribution is 2.24. The summed E-state index contributed by atoms with van der Waals surface area (Å²) in [7, 11) is 0. The molecule has 3 rings (SSSR count). The molecular formula is C21H15FN2O2. The zero-order valence-electron chi connectivity index (χ0n) is 14.0. The molecule has 0 saturated carbocycles. The summed E-state index contributed by atoms with van der Waals surface area (Å²) in [6.07, 6.45) is 1.37. The monoisotopic (exact) mass is 346 g/mol. The van der Waals surface area contributed by atoms with Crippen LogP contribution in [0, 0.1) is 24.1 Å². The number of hydrogen-bond donors (Lipinski definition) is 1. The fourth-order valence-electron chi connectivity index (χ4n) is 2.33. The summed E-state index contributed by atoms with van der Waals surface area (Å²) in [5.74, 6) is 0.0310. The molecule has 4 nitrogen and oxygen atoms in total. The highest BCUT2D eigenvalue weighted by Gasteiger charge is 2.11. The van der Waals surface area contributed by atoms with Crippen molar-refractivity contribution in [1.82, 2.24) is 0 Å². The Bertz CT molecular complexity index is 994. The van der Waals surface area contributed by atoms with E-state index in [2.05, 4.69) is 5.32 Å². The lowest BCUT2D eigenvalue weighted by Crippen LogP contribution is -2.13. The number of nitrogens with one attached hydrogen (secondary N) is 1. The number of amides is 1. The van der Waals surface area contributed by atoms with Gasteiger partial charge in [-0.1, -0.05) is 17.7 Å². The van der Waals surface area contributed by atoms with Gasteiger partial charge in [-0.3, -0.25) is 4.79 Å². The number of nitrogens with zero attached hydrogens (tertiary/aromatic N) is 1. The van der Waals surface area contributed by atoms with Crippen LogP contribution in [0.4, 0.5) is 10.1 Å². The second-order valence-corrected chi connectivity index (χ2v) is 5.70. The number of carbonyl (C=O) groups excluding carboxylic acids is 1.